The van der Waals surface area contributed by atoms with Crippen LogP contribution < -0.4 is 0 Å². The molecule has 0 fully saturated rings. The maximum Gasteiger partial charge on any atom is 0.160 e. The molecule has 5 heterocycles. The Balaban J connectivity index is 1.33. The van der Waals surface area contributed by atoms with E-state index in [2.05, 4.69) is 88.4 Å². The third-order valence-corrected chi connectivity index (χ3v) is 8.07. The molecule has 0 amide bonds. The van der Waals surface area contributed by atoms with Crippen LogP contribution in [-0.4, -0.2) is 29.9 Å². The summed E-state index contributed by atoms with van der Waals surface area (Å²) in [6.45, 7) is 4.57. The van der Waals surface area contributed by atoms with Gasteiger partial charge in [0.15, 0.2) is 17.1 Å². The maximum atomic E-state index is 5.09. The molecular weight excluding hydrogens is 504 g/mol. The second-order valence-corrected chi connectivity index (χ2v) is 10.9. The van der Waals surface area contributed by atoms with Crippen molar-refractivity contribution in [3.05, 3.63) is 121 Å². The molecule has 41 heavy (non-hydrogen) atoms. The van der Waals surface area contributed by atoms with Crippen LogP contribution in [0.3, 0.4) is 0 Å². The zero-order chi connectivity index (χ0) is 27.6. The molecule has 1 aliphatic rings. The third-order valence-electron chi connectivity index (χ3n) is 8.07. The summed E-state index contributed by atoms with van der Waals surface area (Å²) in [5.74, 6) is 0.657. The Bertz CT molecular complexity index is 2050. The molecule has 0 atom stereocenters. The van der Waals surface area contributed by atoms with Crippen LogP contribution in [0.15, 0.2) is 110 Å². The van der Waals surface area contributed by atoms with Crippen LogP contribution in [0, 0.1) is 0 Å². The highest BCUT2D eigenvalue weighted by molar-refractivity contribution is 5.85. The number of benzene rings is 2. The van der Waals surface area contributed by atoms with Gasteiger partial charge >= 0.3 is 0 Å². The van der Waals surface area contributed by atoms with E-state index >= 15 is 0 Å². The van der Waals surface area contributed by atoms with Crippen molar-refractivity contribution in [3.8, 4) is 45.0 Å². The number of rotatable bonds is 3. The molecule has 8 rings (SSSR count). The third kappa shape index (κ3) is 3.79. The van der Waals surface area contributed by atoms with Gasteiger partial charge in [-0.1, -0.05) is 50.2 Å². The summed E-state index contributed by atoms with van der Waals surface area (Å²) in [6, 6.07) is 29.3. The van der Waals surface area contributed by atoms with Gasteiger partial charge in [0.05, 0.1) is 11.4 Å². The summed E-state index contributed by atoms with van der Waals surface area (Å²) >= 11 is 0. The van der Waals surface area contributed by atoms with Crippen LogP contribution in [0.5, 0.6) is 0 Å². The molecule has 0 bridgehead atoms. The van der Waals surface area contributed by atoms with Gasteiger partial charge in [-0.15, -0.1) is 0 Å². The molecule has 2 aromatic carbocycles. The number of hydrogen-bond donors (Lipinski definition) is 0. The van der Waals surface area contributed by atoms with Crippen molar-refractivity contribution in [1.82, 2.24) is 29.9 Å². The molecule has 0 saturated heterocycles. The quantitative estimate of drug-likeness (QED) is 0.234. The molecule has 1 aliphatic carbocycles. The van der Waals surface area contributed by atoms with Gasteiger partial charge in [0.25, 0.3) is 0 Å². The van der Waals surface area contributed by atoms with E-state index in [-0.39, 0.29) is 5.41 Å². The molecule has 0 N–H and O–H groups in total. The molecule has 5 aromatic heterocycles. The summed E-state index contributed by atoms with van der Waals surface area (Å²) in [4.78, 5) is 28.1. The summed E-state index contributed by atoms with van der Waals surface area (Å²) in [7, 11) is 0. The average Bonchev–Trinajstić information content (AvgIpc) is 3.26. The van der Waals surface area contributed by atoms with Crippen LogP contribution >= 0.6 is 0 Å². The number of nitrogens with zero attached hydrogens (tertiary/aromatic N) is 6. The van der Waals surface area contributed by atoms with E-state index in [1.807, 2.05) is 42.7 Å². The summed E-state index contributed by atoms with van der Waals surface area (Å²) in [5.41, 5.74) is 10.8. The van der Waals surface area contributed by atoms with Gasteiger partial charge in [0, 0.05) is 57.7 Å². The van der Waals surface area contributed by atoms with Crippen molar-refractivity contribution in [2.24, 2.45) is 0 Å². The van der Waals surface area contributed by atoms with E-state index < -0.39 is 0 Å². The normalized spacial score (nSPS) is 13.3. The van der Waals surface area contributed by atoms with Crippen LogP contribution in [0.1, 0.15) is 25.0 Å². The SMILES string of the molecule is CC1(C)c2ccccc2-c2ccc(-c3nc(-c4cnc5ncccc5c4)cc(-c4cnc5ncccc5c4)n3)cc21. The first kappa shape index (κ1) is 23.5. The molecule has 0 saturated carbocycles. The lowest BCUT2D eigenvalue weighted by molar-refractivity contribution is 0.660. The minimum absolute atomic E-state index is 0.118. The highest BCUT2D eigenvalue weighted by atomic mass is 14.9. The smallest absolute Gasteiger partial charge is 0.160 e. The summed E-state index contributed by atoms with van der Waals surface area (Å²) in [5, 5.41) is 1.92. The monoisotopic (exact) mass is 528 g/mol. The Morgan fingerprint density at radius 3 is 1.78 bits per heavy atom. The topological polar surface area (TPSA) is 77.3 Å². The lowest BCUT2D eigenvalue weighted by Gasteiger charge is -2.21. The molecule has 194 valence electrons. The van der Waals surface area contributed by atoms with E-state index in [4.69, 9.17) is 9.97 Å². The molecular formula is C35H24N6. The van der Waals surface area contributed by atoms with Crippen molar-refractivity contribution in [3.63, 3.8) is 0 Å². The number of aromatic nitrogens is 6. The first-order chi connectivity index (χ1) is 20.0. The first-order valence-electron chi connectivity index (χ1n) is 13.6. The standard InChI is InChI=1S/C35H24N6/c1-35(2)28-10-4-3-9-26(28)27-12-11-23(17-29(27)35)34-40-30(24-15-21-7-5-13-36-32(21)38-19-24)18-31(41-34)25-16-22-8-6-14-37-33(22)39-20-25/h3-20H,1-2H3. The van der Waals surface area contributed by atoms with Crippen LogP contribution in [0.2, 0.25) is 0 Å². The molecule has 6 heteroatoms. The Morgan fingerprint density at radius 2 is 1.12 bits per heavy atom. The highest BCUT2D eigenvalue weighted by Crippen LogP contribution is 2.49. The number of fused-ring (bicyclic) bond motifs is 5. The summed E-state index contributed by atoms with van der Waals surface area (Å²) in [6.07, 6.45) is 7.17. The average molecular weight is 529 g/mol. The van der Waals surface area contributed by atoms with Crippen molar-refractivity contribution < 1.29 is 0 Å². The van der Waals surface area contributed by atoms with Gasteiger partial charge in [0.2, 0.25) is 0 Å². The van der Waals surface area contributed by atoms with Crippen molar-refractivity contribution >= 4 is 22.1 Å². The summed E-state index contributed by atoms with van der Waals surface area (Å²) < 4.78 is 0. The lowest BCUT2D eigenvalue weighted by atomic mass is 9.82. The van der Waals surface area contributed by atoms with E-state index in [0.29, 0.717) is 17.1 Å². The second kappa shape index (κ2) is 8.83. The number of hydrogen-bond acceptors (Lipinski definition) is 6. The van der Waals surface area contributed by atoms with Crippen LogP contribution in [0.4, 0.5) is 0 Å². The fourth-order valence-corrected chi connectivity index (χ4v) is 5.93. The van der Waals surface area contributed by atoms with Gasteiger partial charge in [-0.2, -0.15) is 0 Å². The minimum atomic E-state index is -0.118. The van der Waals surface area contributed by atoms with Crippen molar-refractivity contribution in [2.45, 2.75) is 19.3 Å². The predicted octanol–water partition coefficient (Wildman–Crippen LogP) is 7.67. The van der Waals surface area contributed by atoms with Gasteiger partial charge in [-0.25, -0.2) is 29.9 Å². The molecule has 0 unspecified atom stereocenters. The van der Waals surface area contributed by atoms with Crippen molar-refractivity contribution in [2.75, 3.05) is 0 Å². The molecule has 6 nitrogen and oxygen atoms in total. The van der Waals surface area contributed by atoms with E-state index in [1.54, 1.807) is 12.4 Å². The highest BCUT2D eigenvalue weighted by Gasteiger charge is 2.35. The number of pyridine rings is 4. The Labute approximate surface area is 236 Å². The molecule has 0 radical (unpaired) electrons. The van der Waals surface area contributed by atoms with Gasteiger partial charge < -0.3 is 0 Å². The fourth-order valence-electron chi connectivity index (χ4n) is 5.93. The van der Waals surface area contributed by atoms with Crippen LogP contribution in [-0.2, 0) is 5.41 Å². The van der Waals surface area contributed by atoms with Gasteiger partial charge in [-0.05, 0) is 70.8 Å². The van der Waals surface area contributed by atoms with Gasteiger partial charge in [-0.3, -0.25) is 0 Å². The van der Waals surface area contributed by atoms with E-state index in [1.165, 1.54) is 22.3 Å². The zero-order valence-electron chi connectivity index (χ0n) is 22.6. The fraction of sp³-hybridized carbons (Fsp3) is 0.0857. The predicted molar refractivity (Wildman–Crippen MR) is 162 cm³/mol. The van der Waals surface area contributed by atoms with Crippen molar-refractivity contribution in [1.29, 1.82) is 0 Å². The van der Waals surface area contributed by atoms with E-state index in [9.17, 15) is 0 Å². The molecule has 0 aliphatic heterocycles. The van der Waals surface area contributed by atoms with Crippen LogP contribution in [0.25, 0.3) is 67.1 Å². The molecule has 7 aromatic rings. The Morgan fingerprint density at radius 1 is 0.512 bits per heavy atom. The second-order valence-electron chi connectivity index (χ2n) is 10.9. The largest absolute Gasteiger partial charge is 0.237 e. The first-order valence-corrected chi connectivity index (χ1v) is 13.6. The lowest BCUT2D eigenvalue weighted by Crippen LogP contribution is -2.15. The van der Waals surface area contributed by atoms with Gasteiger partial charge in [0.1, 0.15) is 0 Å². The van der Waals surface area contributed by atoms with E-state index in [0.717, 1.165) is 38.9 Å². The molecule has 0 spiro atoms. The maximum absolute atomic E-state index is 5.09. The zero-order valence-corrected chi connectivity index (χ0v) is 22.6. The Hall–Kier alpha value is -5.36. The minimum Gasteiger partial charge on any atom is -0.237 e. The Kier molecular flexibility index (Phi) is 5.06.